The van der Waals surface area contributed by atoms with E-state index in [1.807, 2.05) is 54.6 Å². The smallest absolute Gasteiger partial charge is 0.326 e. The Labute approximate surface area is 206 Å². The number of benzene rings is 3. The van der Waals surface area contributed by atoms with Crippen LogP contribution < -0.4 is 20.9 Å². The summed E-state index contributed by atoms with van der Waals surface area (Å²) in [6, 6.07) is 23.3. The van der Waals surface area contributed by atoms with Crippen LogP contribution in [-0.2, 0) is 0 Å². The van der Waals surface area contributed by atoms with Crippen LogP contribution in [0.15, 0.2) is 72.8 Å². The monoisotopic (exact) mass is 468 g/mol. The first-order valence-electron chi connectivity index (χ1n) is 12.1. The molecule has 180 valence electrons. The molecule has 0 aliphatic carbocycles. The molecule has 0 radical (unpaired) electrons. The summed E-state index contributed by atoms with van der Waals surface area (Å²) < 4.78 is 0. The lowest BCUT2D eigenvalue weighted by Gasteiger charge is -2.24. The molecule has 0 spiro atoms. The van der Waals surface area contributed by atoms with Crippen LogP contribution in [0.25, 0.3) is 10.9 Å². The van der Waals surface area contributed by atoms with Crippen molar-refractivity contribution in [1.82, 2.24) is 9.97 Å². The number of carbonyl (C=O) groups excluding carboxylic acids is 1. The Morgan fingerprint density at radius 2 is 1.51 bits per heavy atom. The van der Waals surface area contributed by atoms with Gasteiger partial charge in [0.2, 0.25) is 5.95 Å². The first-order chi connectivity index (χ1) is 17.1. The van der Waals surface area contributed by atoms with Crippen LogP contribution in [0.1, 0.15) is 32.3 Å². The Kier molecular flexibility index (Phi) is 7.77. The van der Waals surface area contributed by atoms with Gasteiger partial charge < -0.3 is 15.5 Å². The third-order valence-electron chi connectivity index (χ3n) is 5.53. The normalized spacial score (nSPS) is 10.7. The van der Waals surface area contributed by atoms with Gasteiger partial charge in [0.25, 0.3) is 0 Å². The van der Waals surface area contributed by atoms with E-state index in [0.717, 1.165) is 54.0 Å². The molecule has 2 amide bonds. The quantitative estimate of drug-likeness (QED) is 0.247. The molecule has 3 N–H and O–H groups in total. The maximum absolute atomic E-state index is 12.6. The molecule has 0 saturated heterocycles. The third-order valence-corrected chi connectivity index (χ3v) is 5.53. The van der Waals surface area contributed by atoms with Gasteiger partial charge in [-0.3, -0.25) is 5.32 Å². The second-order valence-electron chi connectivity index (χ2n) is 8.53. The molecule has 0 aliphatic heterocycles. The fraction of sp³-hybridized carbons (Fsp3) is 0.250. The minimum atomic E-state index is -0.378. The van der Waals surface area contributed by atoms with E-state index in [-0.39, 0.29) is 12.0 Å². The Morgan fingerprint density at radius 3 is 2.23 bits per heavy atom. The average Bonchev–Trinajstić information content (AvgIpc) is 2.84. The number of amides is 2. The molecule has 35 heavy (non-hydrogen) atoms. The number of fused-ring (bicyclic) bond motifs is 1. The van der Waals surface area contributed by atoms with Crippen LogP contribution >= 0.6 is 0 Å². The second-order valence-corrected chi connectivity index (χ2v) is 8.53. The molecule has 0 aliphatic rings. The molecule has 0 unspecified atom stereocenters. The molecule has 1 aromatic heterocycles. The number of aromatic nitrogens is 2. The van der Waals surface area contributed by atoms with E-state index in [4.69, 9.17) is 4.98 Å². The maximum atomic E-state index is 12.6. The highest BCUT2D eigenvalue weighted by Gasteiger charge is 2.16. The first-order valence-corrected chi connectivity index (χ1v) is 12.1. The molecule has 1 heterocycles. The molecular weight excluding hydrogens is 436 g/mol. The van der Waals surface area contributed by atoms with Gasteiger partial charge in [0.1, 0.15) is 5.82 Å². The number of hydrogen-bond donors (Lipinski definition) is 3. The highest BCUT2D eigenvalue weighted by atomic mass is 16.2. The van der Waals surface area contributed by atoms with Gasteiger partial charge in [-0.1, -0.05) is 44.2 Å². The molecule has 0 fully saturated rings. The van der Waals surface area contributed by atoms with Crippen molar-refractivity contribution in [2.24, 2.45) is 0 Å². The van der Waals surface area contributed by atoms with E-state index in [0.29, 0.717) is 5.69 Å². The van der Waals surface area contributed by atoms with Crippen molar-refractivity contribution >= 4 is 45.8 Å². The lowest BCUT2D eigenvalue weighted by molar-refractivity contribution is 0.262. The van der Waals surface area contributed by atoms with E-state index < -0.39 is 0 Å². The zero-order valence-corrected chi connectivity index (χ0v) is 20.5. The van der Waals surface area contributed by atoms with Crippen molar-refractivity contribution in [3.05, 3.63) is 78.4 Å². The first kappa shape index (κ1) is 24.0. The number of rotatable bonds is 9. The number of para-hydroxylation sites is 1. The van der Waals surface area contributed by atoms with E-state index in [9.17, 15) is 4.79 Å². The van der Waals surface area contributed by atoms with Gasteiger partial charge in [-0.25, -0.2) is 9.78 Å². The fourth-order valence-corrected chi connectivity index (χ4v) is 4.03. The van der Waals surface area contributed by atoms with Gasteiger partial charge >= 0.3 is 6.03 Å². The summed E-state index contributed by atoms with van der Waals surface area (Å²) in [7, 11) is 0. The van der Waals surface area contributed by atoms with Crippen LogP contribution in [0, 0.1) is 6.92 Å². The van der Waals surface area contributed by atoms with Gasteiger partial charge in [-0.2, -0.15) is 4.98 Å². The second kappa shape index (κ2) is 11.3. The van der Waals surface area contributed by atoms with Crippen molar-refractivity contribution in [3.63, 3.8) is 0 Å². The van der Waals surface area contributed by atoms with Crippen LogP contribution in [0.2, 0.25) is 0 Å². The van der Waals surface area contributed by atoms with E-state index in [1.165, 1.54) is 5.56 Å². The molecule has 7 heteroatoms. The van der Waals surface area contributed by atoms with E-state index in [1.54, 1.807) is 0 Å². The van der Waals surface area contributed by atoms with Crippen LogP contribution in [0.4, 0.5) is 33.6 Å². The molecule has 7 nitrogen and oxygen atoms in total. The van der Waals surface area contributed by atoms with E-state index >= 15 is 0 Å². The Bertz CT molecular complexity index is 1290. The molecular formula is C28H32N6O. The number of carbonyl (C=O) groups is 1. The number of nitrogens with one attached hydrogen (secondary N) is 3. The number of urea groups is 1. The predicted molar refractivity (Wildman–Crippen MR) is 146 cm³/mol. The SMILES string of the molecule is CCCN(CCC)c1nc(NC(=O)Nc2ccccc2)nc2ccc(Nc3cccc(C)c3)cc12. The van der Waals surface area contributed by atoms with Crippen molar-refractivity contribution in [3.8, 4) is 0 Å². The summed E-state index contributed by atoms with van der Waals surface area (Å²) in [6.45, 7) is 8.12. The van der Waals surface area contributed by atoms with Crippen molar-refractivity contribution in [1.29, 1.82) is 0 Å². The van der Waals surface area contributed by atoms with E-state index in [2.05, 4.69) is 64.8 Å². The zero-order valence-electron chi connectivity index (χ0n) is 20.5. The Morgan fingerprint density at radius 1 is 0.800 bits per heavy atom. The zero-order chi connectivity index (χ0) is 24.6. The Hall–Kier alpha value is -4.13. The fourth-order valence-electron chi connectivity index (χ4n) is 4.03. The third kappa shape index (κ3) is 6.26. The number of hydrogen-bond acceptors (Lipinski definition) is 5. The van der Waals surface area contributed by atoms with Crippen molar-refractivity contribution in [2.75, 3.05) is 33.9 Å². The predicted octanol–water partition coefficient (Wildman–Crippen LogP) is 6.95. The topological polar surface area (TPSA) is 82.2 Å². The van der Waals surface area contributed by atoms with Crippen LogP contribution in [0.5, 0.6) is 0 Å². The molecule has 0 atom stereocenters. The summed E-state index contributed by atoms with van der Waals surface area (Å²) in [5.74, 6) is 1.10. The number of aryl methyl sites for hydroxylation is 1. The summed E-state index contributed by atoms with van der Waals surface area (Å²) in [5.41, 5.74) is 4.67. The number of anilines is 5. The summed E-state index contributed by atoms with van der Waals surface area (Å²) >= 11 is 0. The maximum Gasteiger partial charge on any atom is 0.326 e. The van der Waals surface area contributed by atoms with Gasteiger partial charge in [-0.15, -0.1) is 0 Å². The summed E-state index contributed by atoms with van der Waals surface area (Å²) in [6.07, 6.45) is 1.98. The Balaban J connectivity index is 1.69. The van der Waals surface area contributed by atoms with Gasteiger partial charge in [0.05, 0.1) is 5.52 Å². The van der Waals surface area contributed by atoms with Crippen LogP contribution in [0.3, 0.4) is 0 Å². The van der Waals surface area contributed by atoms with Crippen molar-refractivity contribution in [2.45, 2.75) is 33.6 Å². The minimum Gasteiger partial charge on any atom is -0.356 e. The average molecular weight is 469 g/mol. The van der Waals surface area contributed by atoms with Gasteiger partial charge in [0, 0.05) is 35.5 Å². The lowest BCUT2D eigenvalue weighted by Crippen LogP contribution is -2.27. The molecule has 3 aromatic carbocycles. The minimum absolute atomic E-state index is 0.275. The molecule has 0 saturated carbocycles. The highest BCUT2D eigenvalue weighted by molar-refractivity contribution is 6.00. The molecule has 0 bridgehead atoms. The van der Waals surface area contributed by atoms with Gasteiger partial charge in [0.15, 0.2) is 0 Å². The number of nitrogens with zero attached hydrogens (tertiary/aromatic N) is 3. The largest absolute Gasteiger partial charge is 0.356 e. The van der Waals surface area contributed by atoms with Crippen molar-refractivity contribution < 1.29 is 4.79 Å². The molecule has 4 rings (SSSR count). The summed E-state index contributed by atoms with van der Waals surface area (Å²) in [5, 5.41) is 10.1. The highest BCUT2D eigenvalue weighted by Crippen LogP contribution is 2.30. The molecule has 4 aromatic rings. The van der Waals surface area contributed by atoms with Crippen LogP contribution in [-0.4, -0.2) is 29.1 Å². The van der Waals surface area contributed by atoms with Gasteiger partial charge in [-0.05, 0) is 67.8 Å². The standard InChI is InChI=1S/C28H32N6O/c1-4-16-34(17-5-2)26-24-19-23(29-22-13-9-10-20(3)18-22)14-15-25(24)31-27(32-26)33-28(35)30-21-11-7-6-8-12-21/h6-15,18-19,29H,4-5,16-17H2,1-3H3,(H2,30,31,32,33,35). The lowest BCUT2D eigenvalue weighted by atomic mass is 10.1. The summed E-state index contributed by atoms with van der Waals surface area (Å²) in [4.78, 5) is 24.3.